The summed E-state index contributed by atoms with van der Waals surface area (Å²) in [6.45, 7) is 2.64. The lowest BCUT2D eigenvalue weighted by Crippen LogP contribution is -2.27. The van der Waals surface area contributed by atoms with E-state index in [2.05, 4.69) is 27.1 Å². The molecule has 0 atom stereocenters. The minimum Gasteiger partial charge on any atom is -0.341 e. The van der Waals surface area contributed by atoms with Crippen LogP contribution in [0.25, 0.3) is 11.2 Å². The van der Waals surface area contributed by atoms with Crippen molar-refractivity contribution in [2.24, 2.45) is 0 Å². The quantitative estimate of drug-likeness (QED) is 0.705. The zero-order valence-corrected chi connectivity index (χ0v) is 15.0. The van der Waals surface area contributed by atoms with Crippen LogP contribution in [0, 0.1) is 6.92 Å². The van der Waals surface area contributed by atoms with Crippen molar-refractivity contribution in [1.82, 2.24) is 19.9 Å². The number of nitrogens with one attached hydrogen (secondary N) is 1. The number of hydrogen-bond acceptors (Lipinski definition) is 4. The summed E-state index contributed by atoms with van der Waals surface area (Å²) in [4.78, 5) is 25.6. The molecule has 3 rings (SSSR count). The first-order valence-electron chi connectivity index (χ1n) is 7.45. The molecule has 0 aliphatic rings. The van der Waals surface area contributed by atoms with E-state index in [-0.39, 0.29) is 5.91 Å². The molecule has 0 spiro atoms. The van der Waals surface area contributed by atoms with Crippen molar-refractivity contribution in [2.45, 2.75) is 18.6 Å². The number of H-pyrrole nitrogens is 1. The summed E-state index contributed by atoms with van der Waals surface area (Å²) in [6, 6.07) is 9.96. The largest absolute Gasteiger partial charge is 0.341 e. The Morgan fingerprint density at radius 2 is 2.08 bits per heavy atom. The fraction of sp³-hybridized carbons (Fsp3) is 0.235. The molecule has 24 heavy (non-hydrogen) atoms. The van der Waals surface area contributed by atoms with Crippen LogP contribution < -0.4 is 0 Å². The number of carbonyl (C=O) groups excluding carboxylic acids is 1. The van der Waals surface area contributed by atoms with Crippen LogP contribution in [0.5, 0.6) is 0 Å². The molecule has 1 amide bonds. The Bertz CT molecular complexity index is 863. The van der Waals surface area contributed by atoms with Crippen molar-refractivity contribution in [1.29, 1.82) is 0 Å². The lowest BCUT2D eigenvalue weighted by Gasteiger charge is -2.16. The zero-order valence-electron chi connectivity index (χ0n) is 13.4. The number of aromatic amines is 1. The van der Waals surface area contributed by atoms with Gasteiger partial charge in [-0.2, -0.15) is 0 Å². The van der Waals surface area contributed by atoms with Crippen molar-refractivity contribution < 1.29 is 4.79 Å². The van der Waals surface area contributed by atoms with Gasteiger partial charge in [-0.15, -0.1) is 0 Å². The number of carbonyl (C=O) groups is 1. The van der Waals surface area contributed by atoms with Gasteiger partial charge >= 0.3 is 0 Å². The normalized spacial score (nSPS) is 11.0. The van der Waals surface area contributed by atoms with Crippen molar-refractivity contribution in [3.8, 4) is 0 Å². The molecule has 0 unspecified atom stereocenters. The van der Waals surface area contributed by atoms with E-state index in [1.54, 1.807) is 17.2 Å². The molecule has 7 heteroatoms. The third-order valence-electron chi connectivity index (χ3n) is 3.58. The Morgan fingerprint density at radius 3 is 2.83 bits per heavy atom. The number of fused-ring (bicyclic) bond motifs is 1. The molecule has 3 aromatic rings. The second kappa shape index (κ2) is 7.23. The fourth-order valence-corrected chi connectivity index (χ4v) is 3.19. The molecule has 2 heterocycles. The van der Waals surface area contributed by atoms with Crippen LogP contribution >= 0.6 is 23.4 Å². The van der Waals surface area contributed by atoms with Crippen molar-refractivity contribution in [2.75, 3.05) is 12.8 Å². The summed E-state index contributed by atoms with van der Waals surface area (Å²) in [5.74, 6) is 0.364. The van der Waals surface area contributed by atoms with Crippen molar-refractivity contribution >= 4 is 40.4 Å². The molecule has 0 fully saturated rings. The number of nitrogens with zero attached hydrogens (tertiary/aromatic N) is 3. The molecule has 0 radical (unpaired) electrons. The highest BCUT2D eigenvalue weighted by Gasteiger charge is 2.12. The Labute approximate surface area is 149 Å². The number of halogens is 1. The smallest absolute Gasteiger partial charge is 0.233 e. The number of benzene rings is 1. The maximum absolute atomic E-state index is 12.3. The monoisotopic (exact) mass is 360 g/mol. The van der Waals surface area contributed by atoms with Crippen LogP contribution in [0.2, 0.25) is 5.02 Å². The van der Waals surface area contributed by atoms with E-state index < -0.39 is 0 Å². The molecular weight excluding hydrogens is 344 g/mol. The summed E-state index contributed by atoms with van der Waals surface area (Å²) in [5, 5.41) is 1.22. The van der Waals surface area contributed by atoms with Gasteiger partial charge in [0.15, 0.2) is 10.8 Å². The lowest BCUT2D eigenvalue weighted by atomic mass is 10.1. The average Bonchev–Trinajstić information content (AvgIpc) is 2.96. The molecule has 0 saturated heterocycles. The van der Waals surface area contributed by atoms with E-state index in [0.717, 1.165) is 11.1 Å². The zero-order chi connectivity index (χ0) is 17.1. The third-order valence-corrected chi connectivity index (χ3v) is 4.65. The predicted molar refractivity (Wildman–Crippen MR) is 97.3 cm³/mol. The van der Waals surface area contributed by atoms with Gasteiger partial charge in [0.25, 0.3) is 0 Å². The van der Waals surface area contributed by atoms with E-state index in [9.17, 15) is 4.79 Å². The number of pyridine rings is 1. The summed E-state index contributed by atoms with van der Waals surface area (Å²) < 4.78 is 0. The predicted octanol–water partition coefficient (Wildman–Crippen LogP) is 3.67. The highest BCUT2D eigenvalue weighted by Crippen LogP contribution is 2.20. The van der Waals surface area contributed by atoms with E-state index >= 15 is 0 Å². The molecule has 124 valence electrons. The number of imidazole rings is 1. The standard InChI is InChI=1S/C17H17ClN4OS/c1-11-3-5-12(6-4-11)9-22(2)15(23)10-24-17-20-14-7-13(18)8-19-16(14)21-17/h3-8H,9-10H2,1-2H3,(H,19,20,21). The Kier molecular flexibility index (Phi) is 5.06. The van der Waals surface area contributed by atoms with Gasteiger partial charge in [-0.25, -0.2) is 9.97 Å². The van der Waals surface area contributed by atoms with Crippen molar-refractivity contribution in [3.63, 3.8) is 0 Å². The molecule has 5 nitrogen and oxygen atoms in total. The van der Waals surface area contributed by atoms with Gasteiger partial charge in [0.05, 0.1) is 16.3 Å². The highest BCUT2D eigenvalue weighted by atomic mass is 35.5. The van der Waals surface area contributed by atoms with Gasteiger partial charge < -0.3 is 9.88 Å². The number of rotatable bonds is 5. The first kappa shape index (κ1) is 16.8. The molecule has 0 bridgehead atoms. The Balaban J connectivity index is 1.58. The number of aromatic nitrogens is 3. The Hall–Kier alpha value is -2.05. The topological polar surface area (TPSA) is 61.9 Å². The van der Waals surface area contributed by atoms with Crippen LogP contribution in [-0.4, -0.2) is 38.6 Å². The lowest BCUT2D eigenvalue weighted by molar-refractivity contribution is -0.127. The minimum absolute atomic E-state index is 0.0482. The third kappa shape index (κ3) is 4.07. The molecule has 0 saturated carbocycles. The van der Waals surface area contributed by atoms with E-state index in [1.807, 2.05) is 26.1 Å². The maximum atomic E-state index is 12.3. The average molecular weight is 361 g/mol. The van der Waals surface area contributed by atoms with Crippen LogP contribution in [0.4, 0.5) is 0 Å². The summed E-state index contributed by atoms with van der Waals surface area (Å²) in [6.07, 6.45) is 1.56. The van der Waals surface area contributed by atoms with Gasteiger partial charge in [-0.1, -0.05) is 53.2 Å². The van der Waals surface area contributed by atoms with E-state index in [0.29, 0.717) is 28.1 Å². The number of thioether (sulfide) groups is 1. The van der Waals surface area contributed by atoms with Gasteiger partial charge in [0, 0.05) is 19.8 Å². The van der Waals surface area contributed by atoms with E-state index in [1.165, 1.54) is 17.3 Å². The molecule has 1 N–H and O–H groups in total. The SMILES string of the molecule is Cc1ccc(CN(C)C(=O)CSc2nc3ncc(Cl)cc3[nH]2)cc1. The summed E-state index contributed by atoms with van der Waals surface area (Å²) >= 11 is 7.27. The van der Waals surface area contributed by atoms with Crippen molar-refractivity contribution in [3.05, 3.63) is 52.7 Å². The van der Waals surface area contributed by atoms with Gasteiger partial charge in [0.2, 0.25) is 5.91 Å². The highest BCUT2D eigenvalue weighted by molar-refractivity contribution is 7.99. The molecule has 0 aliphatic carbocycles. The van der Waals surface area contributed by atoms with Gasteiger partial charge in [0.1, 0.15) is 0 Å². The molecule has 2 aromatic heterocycles. The van der Waals surface area contributed by atoms with Gasteiger partial charge in [-0.05, 0) is 18.6 Å². The molecular formula is C17H17ClN4OS. The van der Waals surface area contributed by atoms with Crippen LogP contribution in [0.15, 0.2) is 41.7 Å². The second-order valence-electron chi connectivity index (χ2n) is 5.59. The second-order valence-corrected chi connectivity index (χ2v) is 6.99. The summed E-state index contributed by atoms with van der Waals surface area (Å²) in [7, 11) is 1.81. The van der Waals surface area contributed by atoms with E-state index in [4.69, 9.17) is 11.6 Å². The summed E-state index contributed by atoms with van der Waals surface area (Å²) in [5.41, 5.74) is 3.69. The van der Waals surface area contributed by atoms with Gasteiger partial charge in [-0.3, -0.25) is 4.79 Å². The van der Waals surface area contributed by atoms with Crippen LogP contribution in [0.1, 0.15) is 11.1 Å². The van der Waals surface area contributed by atoms with Crippen LogP contribution in [0.3, 0.4) is 0 Å². The number of amides is 1. The molecule has 1 aromatic carbocycles. The number of hydrogen-bond donors (Lipinski definition) is 1. The fourth-order valence-electron chi connectivity index (χ4n) is 2.22. The Morgan fingerprint density at radius 1 is 1.33 bits per heavy atom. The first-order valence-corrected chi connectivity index (χ1v) is 8.81. The minimum atomic E-state index is 0.0482. The maximum Gasteiger partial charge on any atom is 0.233 e. The first-order chi connectivity index (χ1) is 11.5. The van der Waals surface area contributed by atoms with Crippen LogP contribution in [-0.2, 0) is 11.3 Å². The molecule has 0 aliphatic heterocycles. The number of aryl methyl sites for hydroxylation is 1.